The third-order valence-electron chi connectivity index (χ3n) is 2.47. The highest BCUT2D eigenvalue weighted by molar-refractivity contribution is 5.91. The Morgan fingerprint density at radius 1 is 1.42 bits per heavy atom. The molecule has 0 spiro atoms. The van der Waals surface area contributed by atoms with Crippen molar-refractivity contribution in [2.24, 2.45) is 0 Å². The third-order valence-corrected chi connectivity index (χ3v) is 2.47. The number of ether oxygens (including phenoxy) is 1. The van der Waals surface area contributed by atoms with E-state index in [1.54, 1.807) is 12.1 Å². The zero-order valence-corrected chi connectivity index (χ0v) is 10.3. The highest BCUT2D eigenvalue weighted by Gasteiger charge is 2.15. The summed E-state index contributed by atoms with van der Waals surface area (Å²) in [7, 11) is 0. The van der Waals surface area contributed by atoms with Crippen LogP contribution in [0.5, 0.6) is 5.75 Å². The lowest BCUT2D eigenvalue weighted by Gasteiger charge is -2.10. The van der Waals surface area contributed by atoms with Gasteiger partial charge in [-0.15, -0.1) is 0 Å². The van der Waals surface area contributed by atoms with Gasteiger partial charge in [-0.25, -0.2) is 14.8 Å². The summed E-state index contributed by atoms with van der Waals surface area (Å²) < 4.78 is 5.48. The van der Waals surface area contributed by atoms with Crippen LogP contribution < -0.4 is 10.5 Å². The van der Waals surface area contributed by atoms with Crippen LogP contribution in [0.15, 0.2) is 30.5 Å². The minimum atomic E-state index is -1.21. The van der Waals surface area contributed by atoms with Crippen LogP contribution in [-0.2, 0) is 0 Å². The smallest absolute Gasteiger partial charge is 0.358 e. The fraction of sp³-hybridized carbons (Fsp3) is 0.154. The molecule has 0 aliphatic carbocycles. The SMILES string of the molecule is CCOc1ccccc1-c1cnc(N)c(C(=O)O)n1. The molecular formula is C13H13N3O3. The molecule has 0 bridgehead atoms. The monoisotopic (exact) mass is 259 g/mol. The van der Waals surface area contributed by atoms with Crippen molar-refractivity contribution in [3.8, 4) is 17.0 Å². The first-order valence-corrected chi connectivity index (χ1v) is 5.71. The molecule has 6 nitrogen and oxygen atoms in total. The van der Waals surface area contributed by atoms with Gasteiger partial charge < -0.3 is 15.6 Å². The van der Waals surface area contributed by atoms with Crippen LogP contribution in [0.4, 0.5) is 5.82 Å². The van der Waals surface area contributed by atoms with Gasteiger partial charge in [0.2, 0.25) is 0 Å². The fourth-order valence-electron chi connectivity index (χ4n) is 1.65. The van der Waals surface area contributed by atoms with Crippen LogP contribution in [0.1, 0.15) is 17.4 Å². The highest BCUT2D eigenvalue weighted by Crippen LogP contribution is 2.28. The molecule has 98 valence electrons. The van der Waals surface area contributed by atoms with Crippen LogP contribution in [0.25, 0.3) is 11.3 Å². The predicted molar refractivity (Wildman–Crippen MR) is 70.0 cm³/mol. The number of hydrogen-bond acceptors (Lipinski definition) is 5. The van der Waals surface area contributed by atoms with Crippen molar-refractivity contribution in [2.75, 3.05) is 12.3 Å². The van der Waals surface area contributed by atoms with Crippen LogP contribution in [0.3, 0.4) is 0 Å². The van der Waals surface area contributed by atoms with Gasteiger partial charge in [-0.3, -0.25) is 0 Å². The Morgan fingerprint density at radius 3 is 2.84 bits per heavy atom. The predicted octanol–water partition coefficient (Wildman–Crippen LogP) is 1.82. The molecule has 0 saturated carbocycles. The number of carboxylic acids is 1. The lowest BCUT2D eigenvalue weighted by atomic mass is 10.1. The van der Waals surface area contributed by atoms with Gasteiger partial charge in [0, 0.05) is 5.56 Å². The molecule has 0 aliphatic rings. The molecular weight excluding hydrogens is 246 g/mol. The summed E-state index contributed by atoms with van der Waals surface area (Å²) in [5.74, 6) is -0.689. The van der Waals surface area contributed by atoms with Gasteiger partial charge in [-0.2, -0.15) is 0 Å². The number of benzene rings is 1. The summed E-state index contributed by atoms with van der Waals surface area (Å²) in [4.78, 5) is 18.9. The molecule has 19 heavy (non-hydrogen) atoms. The Labute approximate surface area is 109 Å². The highest BCUT2D eigenvalue weighted by atomic mass is 16.5. The van der Waals surface area contributed by atoms with Crippen molar-refractivity contribution in [3.05, 3.63) is 36.2 Å². The summed E-state index contributed by atoms with van der Waals surface area (Å²) in [6.07, 6.45) is 1.43. The maximum absolute atomic E-state index is 11.0. The third kappa shape index (κ3) is 2.62. The van der Waals surface area contributed by atoms with E-state index in [4.69, 9.17) is 15.6 Å². The summed E-state index contributed by atoms with van der Waals surface area (Å²) in [6.45, 7) is 2.37. The quantitative estimate of drug-likeness (QED) is 0.869. The summed E-state index contributed by atoms with van der Waals surface area (Å²) in [6, 6.07) is 7.22. The second kappa shape index (κ2) is 5.34. The van der Waals surface area contributed by atoms with Gasteiger partial charge in [-0.1, -0.05) is 12.1 Å². The van der Waals surface area contributed by atoms with Gasteiger partial charge in [0.15, 0.2) is 11.5 Å². The molecule has 1 aromatic heterocycles. The molecule has 0 radical (unpaired) electrons. The van der Waals surface area contributed by atoms with Crippen molar-refractivity contribution >= 4 is 11.8 Å². The van der Waals surface area contributed by atoms with E-state index in [0.29, 0.717) is 23.6 Å². The minimum Gasteiger partial charge on any atom is -0.493 e. The number of carbonyl (C=O) groups is 1. The lowest BCUT2D eigenvalue weighted by molar-refractivity contribution is 0.0691. The Bertz CT molecular complexity index is 614. The molecule has 2 aromatic rings. The van der Waals surface area contributed by atoms with E-state index in [1.807, 2.05) is 19.1 Å². The van der Waals surface area contributed by atoms with Crippen molar-refractivity contribution in [1.82, 2.24) is 9.97 Å². The number of carboxylic acid groups (broad SMARTS) is 1. The number of aromatic carboxylic acids is 1. The van der Waals surface area contributed by atoms with Crippen molar-refractivity contribution in [1.29, 1.82) is 0 Å². The Balaban J connectivity index is 2.53. The molecule has 1 heterocycles. The van der Waals surface area contributed by atoms with Crippen LogP contribution in [0, 0.1) is 0 Å². The zero-order chi connectivity index (χ0) is 13.8. The minimum absolute atomic E-state index is 0.106. The molecule has 0 atom stereocenters. The Hall–Kier alpha value is -2.63. The Kier molecular flexibility index (Phi) is 3.61. The van der Waals surface area contributed by atoms with Gasteiger partial charge >= 0.3 is 5.97 Å². The number of para-hydroxylation sites is 1. The van der Waals surface area contributed by atoms with Gasteiger partial charge in [0.25, 0.3) is 0 Å². The van der Waals surface area contributed by atoms with E-state index in [1.165, 1.54) is 6.20 Å². The van der Waals surface area contributed by atoms with Crippen LogP contribution in [0.2, 0.25) is 0 Å². The van der Waals surface area contributed by atoms with Gasteiger partial charge in [0.05, 0.1) is 18.5 Å². The molecule has 0 saturated heterocycles. The maximum Gasteiger partial charge on any atom is 0.358 e. The zero-order valence-electron chi connectivity index (χ0n) is 10.3. The molecule has 2 rings (SSSR count). The van der Waals surface area contributed by atoms with Crippen LogP contribution in [-0.4, -0.2) is 27.7 Å². The van der Waals surface area contributed by atoms with Crippen molar-refractivity contribution in [3.63, 3.8) is 0 Å². The first-order valence-electron chi connectivity index (χ1n) is 5.71. The van der Waals surface area contributed by atoms with E-state index in [-0.39, 0.29) is 11.5 Å². The fourth-order valence-corrected chi connectivity index (χ4v) is 1.65. The molecule has 0 amide bonds. The maximum atomic E-state index is 11.0. The average molecular weight is 259 g/mol. The summed E-state index contributed by atoms with van der Waals surface area (Å²) in [5.41, 5.74) is 6.31. The molecule has 6 heteroatoms. The first-order chi connectivity index (χ1) is 9.13. The standard InChI is InChI=1S/C13H13N3O3/c1-2-19-10-6-4-3-5-8(10)9-7-15-12(14)11(16-9)13(17)18/h3-7H,2H2,1H3,(H2,14,15)(H,17,18). The molecule has 0 fully saturated rings. The summed E-state index contributed by atoms with van der Waals surface area (Å²) in [5, 5.41) is 9.00. The van der Waals surface area contributed by atoms with Crippen molar-refractivity contribution < 1.29 is 14.6 Å². The van der Waals surface area contributed by atoms with Gasteiger partial charge in [0.1, 0.15) is 5.75 Å². The van der Waals surface area contributed by atoms with E-state index in [2.05, 4.69) is 9.97 Å². The normalized spacial score (nSPS) is 10.2. The number of anilines is 1. The number of hydrogen-bond donors (Lipinski definition) is 2. The summed E-state index contributed by atoms with van der Waals surface area (Å²) >= 11 is 0. The number of nitrogens with zero attached hydrogens (tertiary/aromatic N) is 2. The largest absolute Gasteiger partial charge is 0.493 e. The lowest BCUT2D eigenvalue weighted by Crippen LogP contribution is -2.08. The van der Waals surface area contributed by atoms with E-state index >= 15 is 0 Å². The average Bonchev–Trinajstić information content (AvgIpc) is 2.40. The number of aromatic nitrogens is 2. The van der Waals surface area contributed by atoms with E-state index in [9.17, 15) is 4.79 Å². The van der Waals surface area contributed by atoms with E-state index in [0.717, 1.165) is 0 Å². The second-order valence-corrected chi connectivity index (χ2v) is 3.72. The second-order valence-electron chi connectivity index (χ2n) is 3.72. The Morgan fingerprint density at radius 2 is 2.16 bits per heavy atom. The number of nitrogens with two attached hydrogens (primary N) is 1. The van der Waals surface area contributed by atoms with Crippen LogP contribution >= 0.6 is 0 Å². The molecule has 3 N–H and O–H groups in total. The molecule has 0 aliphatic heterocycles. The van der Waals surface area contributed by atoms with Gasteiger partial charge in [-0.05, 0) is 19.1 Å². The first kappa shape index (κ1) is 12.8. The topological polar surface area (TPSA) is 98.3 Å². The molecule has 1 aromatic carbocycles. The van der Waals surface area contributed by atoms with E-state index < -0.39 is 5.97 Å². The van der Waals surface area contributed by atoms with Crippen molar-refractivity contribution in [2.45, 2.75) is 6.92 Å². The number of nitrogen functional groups attached to an aromatic ring is 1. The molecule has 0 unspecified atom stereocenters. The number of rotatable bonds is 4.